The molecule has 2 rings (SSSR count). The van der Waals surface area contributed by atoms with Gasteiger partial charge in [0.2, 0.25) is 0 Å². The quantitative estimate of drug-likeness (QED) is 0.524. The predicted octanol–water partition coefficient (Wildman–Crippen LogP) is 2.41. The lowest BCUT2D eigenvalue weighted by Gasteiger charge is -2.31. The Kier molecular flexibility index (Phi) is 4.29. The van der Waals surface area contributed by atoms with Gasteiger partial charge >= 0.3 is 0 Å². The fourth-order valence-electron chi connectivity index (χ4n) is 2.48. The molecule has 0 bridgehead atoms. The van der Waals surface area contributed by atoms with Crippen molar-refractivity contribution in [1.82, 2.24) is 4.90 Å². The van der Waals surface area contributed by atoms with Gasteiger partial charge in [-0.25, -0.2) is 4.39 Å². The Bertz CT molecular complexity index is 548. The molecule has 1 atom stereocenters. The molecule has 1 aromatic rings. The van der Waals surface area contributed by atoms with Crippen molar-refractivity contribution < 1.29 is 14.5 Å². The first-order valence-corrected chi connectivity index (χ1v) is 6.36. The van der Waals surface area contributed by atoms with Gasteiger partial charge in [-0.05, 0) is 11.6 Å². The van der Waals surface area contributed by atoms with Crippen LogP contribution in [0.25, 0.3) is 0 Å². The summed E-state index contributed by atoms with van der Waals surface area (Å²) in [7, 11) is 0. The Morgan fingerprint density at radius 1 is 1.55 bits per heavy atom. The Labute approximate surface area is 115 Å². The molecule has 0 amide bonds. The maximum atomic E-state index is 13.4. The fraction of sp³-hybridized carbons (Fsp3) is 0.462. The van der Waals surface area contributed by atoms with Gasteiger partial charge in [-0.1, -0.05) is 12.1 Å². The van der Waals surface area contributed by atoms with Crippen molar-refractivity contribution in [3.8, 4) is 0 Å². The van der Waals surface area contributed by atoms with Crippen LogP contribution in [0.3, 0.4) is 0 Å². The van der Waals surface area contributed by atoms with Crippen LogP contribution in [0.1, 0.15) is 18.9 Å². The minimum absolute atomic E-state index is 0.122. The molecule has 0 spiro atoms. The second kappa shape index (κ2) is 5.96. The van der Waals surface area contributed by atoms with E-state index in [-0.39, 0.29) is 11.6 Å². The molecule has 1 aromatic carbocycles. The van der Waals surface area contributed by atoms with Crippen LogP contribution < -0.4 is 0 Å². The molecule has 1 saturated heterocycles. The van der Waals surface area contributed by atoms with Gasteiger partial charge in [-0.2, -0.15) is 0 Å². The third-order valence-corrected chi connectivity index (χ3v) is 3.47. The number of hydrogen-bond donors (Lipinski definition) is 1. The maximum Gasteiger partial charge on any atom is 0.272 e. The van der Waals surface area contributed by atoms with Crippen molar-refractivity contribution in [2.45, 2.75) is 19.9 Å². The summed E-state index contributed by atoms with van der Waals surface area (Å²) < 4.78 is 13.4. The Balaban J connectivity index is 2.09. The first-order valence-electron chi connectivity index (χ1n) is 6.36. The monoisotopic (exact) mass is 281 g/mol. The van der Waals surface area contributed by atoms with Crippen LogP contribution in [0.4, 0.5) is 10.1 Å². The van der Waals surface area contributed by atoms with E-state index in [0.29, 0.717) is 31.6 Å². The lowest BCUT2D eigenvalue weighted by atomic mass is 9.97. The molecule has 7 heteroatoms. The van der Waals surface area contributed by atoms with E-state index in [2.05, 4.69) is 10.1 Å². The van der Waals surface area contributed by atoms with Gasteiger partial charge in [0.25, 0.3) is 5.69 Å². The van der Waals surface area contributed by atoms with Crippen LogP contribution in [0.5, 0.6) is 0 Å². The zero-order chi connectivity index (χ0) is 14.7. The third kappa shape index (κ3) is 3.30. The lowest BCUT2D eigenvalue weighted by Crippen LogP contribution is -2.39. The predicted molar refractivity (Wildman–Crippen MR) is 71.3 cm³/mol. The number of benzene rings is 1. The molecule has 0 saturated carbocycles. The van der Waals surface area contributed by atoms with Crippen molar-refractivity contribution in [2.24, 2.45) is 11.1 Å². The molecule has 6 nitrogen and oxygen atoms in total. The summed E-state index contributed by atoms with van der Waals surface area (Å²) >= 11 is 0. The number of non-ortho nitro benzene ring substituents is 1. The number of nitrogens with zero attached hydrogens (tertiary/aromatic N) is 3. The molecule has 0 aromatic heterocycles. The normalized spacial score (nSPS) is 22.1. The highest BCUT2D eigenvalue weighted by molar-refractivity contribution is 5.86. The van der Waals surface area contributed by atoms with Gasteiger partial charge < -0.3 is 5.21 Å². The van der Waals surface area contributed by atoms with Gasteiger partial charge in [0.1, 0.15) is 5.82 Å². The number of hydrogen-bond acceptors (Lipinski definition) is 5. The molecule has 1 fully saturated rings. The van der Waals surface area contributed by atoms with Crippen LogP contribution in [0.15, 0.2) is 23.4 Å². The molecule has 0 radical (unpaired) electrons. The summed E-state index contributed by atoms with van der Waals surface area (Å²) in [4.78, 5) is 12.2. The summed E-state index contributed by atoms with van der Waals surface area (Å²) in [5.41, 5.74) is 1.10. The van der Waals surface area contributed by atoms with E-state index < -0.39 is 10.7 Å². The fourth-order valence-corrected chi connectivity index (χ4v) is 2.48. The van der Waals surface area contributed by atoms with Crippen molar-refractivity contribution in [1.29, 1.82) is 0 Å². The highest BCUT2D eigenvalue weighted by atomic mass is 19.1. The lowest BCUT2D eigenvalue weighted by molar-refractivity contribution is -0.385. The molecule has 0 aliphatic carbocycles. The van der Waals surface area contributed by atoms with E-state index in [4.69, 9.17) is 5.21 Å². The first-order chi connectivity index (χ1) is 9.49. The summed E-state index contributed by atoms with van der Waals surface area (Å²) in [6, 6.07) is 3.62. The highest BCUT2D eigenvalue weighted by Crippen LogP contribution is 2.20. The highest BCUT2D eigenvalue weighted by Gasteiger charge is 2.23. The third-order valence-electron chi connectivity index (χ3n) is 3.47. The van der Waals surface area contributed by atoms with Gasteiger partial charge in [-0.3, -0.25) is 15.0 Å². The van der Waals surface area contributed by atoms with Gasteiger partial charge in [0, 0.05) is 38.0 Å². The summed E-state index contributed by atoms with van der Waals surface area (Å²) in [6.45, 7) is 3.77. The zero-order valence-electron chi connectivity index (χ0n) is 11.1. The maximum absolute atomic E-state index is 13.4. The standard InChI is InChI=1S/C13H16FN3O3/c1-9-7-16(3-2-13(9)15-18)8-10-4-11(14)6-12(5-10)17(19)20/h4-6,9,18H,2-3,7-8H2,1H3/b15-13+. The number of piperidine rings is 1. The SMILES string of the molecule is CC1CN(Cc2cc(F)cc([N+](=O)[O-])c2)CC/C1=N\O. The minimum atomic E-state index is -0.600. The number of nitro groups is 1. The minimum Gasteiger partial charge on any atom is -0.411 e. The van der Waals surface area contributed by atoms with Crippen LogP contribution in [0.2, 0.25) is 0 Å². The van der Waals surface area contributed by atoms with Gasteiger partial charge in [0.05, 0.1) is 16.7 Å². The topological polar surface area (TPSA) is 79.0 Å². The molecule has 1 N–H and O–H groups in total. The molecular weight excluding hydrogens is 265 g/mol. The Morgan fingerprint density at radius 2 is 2.30 bits per heavy atom. The average molecular weight is 281 g/mol. The van der Waals surface area contributed by atoms with E-state index in [1.165, 1.54) is 12.1 Å². The van der Waals surface area contributed by atoms with E-state index in [9.17, 15) is 14.5 Å². The molecule has 1 aliphatic rings. The van der Waals surface area contributed by atoms with Crippen molar-refractivity contribution in [2.75, 3.05) is 13.1 Å². The summed E-state index contributed by atoms with van der Waals surface area (Å²) in [5, 5.41) is 22.8. The molecule has 1 unspecified atom stereocenters. The number of likely N-dealkylation sites (tertiary alicyclic amines) is 1. The van der Waals surface area contributed by atoms with E-state index in [1.54, 1.807) is 0 Å². The van der Waals surface area contributed by atoms with Crippen molar-refractivity contribution in [3.63, 3.8) is 0 Å². The number of halogens is 1. The molecular formula is C13H16FN3O3. The summed E-state index contributed by atoms with van der Waals surface area (Å²) in [6.07, 6.45) is 0.648. The Morgan fingerprint density at radius 3 is 2.90 bits per heavy atom. The first kappa shape index (κ1) is 14.4. The Hall–Kier alpha value is -2.02. The van der Waals surface area contributed by atoms with Gasteiger partial charge in [-0.15, -0.1) is 0 Å². The molecule has 20 heavy (non-hydrogen) atoms. The van der Waals surface area contributed by atoms with Crippen molar-refractivity contribution >= 4 is 11.4 Å². The number of nitro benzene ring substituents is 1. The van der Waals surface area contributed by atoms with E-state index >= 15 is 0 Å². The average Bonchev–Trinajstić information content (AvgIpc) is 2.38. The largest absolute Gasteiger partial charge is 0.411 e. The summed E-state index contributed by atoms with van der Waals surface area (Å²) in [5.74, 6) is -0.478. The smallest absolute Gasteiger partial charge is 0.272 e. The van der Waals surface area contributed by atoms with Crippen molar-refractivity contribution in [3.05, 3.63) is 39.7 Å². The van der Waals surface area contributed by atoms with Crippen LogP contribution in [-0.2, 0) is 6.54 Å². The molecule has 108 valence electrons. The van der Waals surface area contributed by atoms with Crippen LogP contribution in [0, 0.1) is 21.8 Å². The molecule has 1 aliphatic heterocycles. The van der Waals surface area contributed by atoms with Gasteiger partial charge in [0.15, 0.2) is 0 Å². The van der Waals surface area contributed by atoms with E-state index in [0.717, 1.165) is 11.8 Å². The van der Waals surface area contributed by atoms with E-state index in [1.807, 2.05) is 6.92 Å². The second-order valence-corrected chi connectivity index (χ2v) is 5.05. The number of rotatable bonds is 3. The zero-order valence-corrected chi connectivity index (χ0v) is 11.1. The molecule has 1 heterocycles. The second-order valence-electron chi connectivity index (χ2n) is 5.05. The van der Waals surface area contributed by atoms with Crippen LogP contribution >= 0.6 is 0 Å². The number of oxime groups is 1. The van der Waals surface area contributed by atoms with Crippen LogP contribution in [-0.4, -0.2) is 33.8 Å².